The van der Waals surface area contributed by atoms with E-state index in [2.05, 4.69) is 10.6 Å². The van der Waals surface area contributed by atoms with Gasteiger partial charge < -0.3 is 20.6 Å². The minimum Gasteiger partial charge on any atom is -0.385 e. The first-order chi connectivity index (χ1) is 16.2. The molecule has 0 radical (unpaired) electrons. The third-order valence-corrected chi connectivity index (χ3v) is 8.09. The second-order valence-corrected chi connectivity index (χ2v) is 10.9. The summed E-state index contributed by atoms with van der Waals surface area (Å²) in [6, 6.07) is -0.176. The van der Waals surface area contributed by atoms with Gasteiger partial charge in [0.15, 0.2) is 11.6 Å². The third kappa shape index (κ3) is 6.58. The molecule has 3 atom stereocenters. The van der Waals surface area contributed by atoms with Crippen molar-refractivity contribution in [1.82, 2.24) is 15.5 Å². The highest BCUT2D eigenvalue weighted by molar-refractivity contribution is 5.94. The fourth-order valence-corrected chi connectivity index (χ4v) is 5.75. The molecule has 2 aliphatic heterocycles. The maximum atomic E-state index is 13.7. The van der Waals surface area contributed by atoms with Crippen molar-refractivity contribution in [2.45, 2.75) is 103 Å². The van der Waals surface area contributed by atoms with Crippen LogP contribution >= 0.6 is 0 Å². The van der Waals surface area contributed by atoms with Crippen LogP contribution in [-0.4, -0.2) is 64.8 Å². The predicted octanol–water partition coefficient (Wildman–Crippen LogP) is 2.96. The van der Waals surface area contributed by atoms with E-state index in [0.717, 1.165) is 44.9 Å². The summed E-state index contributed by atoms with van der Waals surface area (Å²) < 4.78 is 0. The Morgan fingerprint density at radius 3 is 2.38 bits per heavy atom. The Kier molecular flexibility index (Phi) is 9.51. The summed E-state index contributed by atoms with van der Waals surface area (Å²) in [4.78, 5) is 53.6. The first-order valence-corrected chi connectivity index (χ1v) is 13.3. The molecule has 3 rings (SSSR count). The zero-order chi connectivity index (χ0) is 24.7. The second kappa shape index (κ2) is 12.1. The molecular formula is C26H43N3O5. The van der Waals surface area contributed by atoms with Crippen molar-refractivity contribution in [2.75, 3.05) is 19.6 Å². The van der Waals surface area contributed by atoms with Crippen molar-refractivity contribution in [1.29, 1.82) is 0 Å². The molecule has 0 aromatic carbocycles. The summed E-state index contributed by atoms with van der Waals surface area (Å²) in [5.41, 5.74) is -0.922. The van der Waals surface area contributed by atoms with Gasteiger partial charge in [0.2, 0.25) is 5.91 Å². The fourth-order valence-electron chi connectivity index (χ4n) is 5.75. The largest absolute Gasteiger partial charge is 0.385 e. The third-order valence-electron chi connectivity index (χ3n) is 8.09. The fraction of sp³-hybridized carbons (Fsp3) is 0.846. The first kappa shape index (κ1) is 26.6. The van der Waals surface area contributed by atoms with Crippen LogP contribution in [0.5, 0.6) is 0 Å². The number of carbonyl (C=O) groups excluding carboxylic acids is 4. The molecule has 3 N–H and O–H groups in total. The van der Waals surface area contributed by atoms with Crippen molar-refractivity contribution in [3.8, 4) is 0 Å². The molecule has 2 heterocycles. The normalized spacial score (nSPS) is 24.8. The van der Waals surface area contributed by atoms with E-state index in [0.29, 0.717) is 38.9 Å². The van der Waals surface area contributed by atoms with Crippen LogP contribution in [-0.2, 0) is 14.4 Å². The highest BCUT2D eigenvalue weighted by atomic mass is 16.3. The minimum atomic E-state index is -1.30. The highest BCUT2D eigenvalue weighted by Crippen LogP contribution is 2.34. The number of amides is 3. The SMILES string of the molecule is CC(C)[C@H](CC(=O)C1(NC(=O)N2CCCC2)CCCCC1)[C@@H](O)C(=O)C[C@H]1CCCCNC1=O. The molecule has 0 spiro atoms. The second-order valence-electron chi connectivity index (χ2n) is 10.9. The van der Waals surface area contributed by atoms with Gasteiger partial charge in [0.25, 0.3) is 0 Å². The van der Waals surface area contributed by atoms with Gasteiger partial charge in [0.1, 0.15) is 11.6 Å². The topological polar surface area (TPSA) is 116 Å². The lowest BCUT2D eigenvalue weighted by Gasteiger charge is -2.39. The van der Waals surface area contributed by atoms with Gasteiger partial charge in [-0.1, -0.05) is 39.5 Å². The number of nitrogens with one attached hydrogen (secondary N) is 2. The lowest BCUT2D eigenvalue weighted by Crippen LogP contribution is -2.59. The molecule has 1 aliphatic carbocycles. The van der Waals surface area contributed by atoms with Crippen LogP contribution < -0.4 is 10.6 Å². The standard InChI is InChI=1S/C26H43N3O5/c1-18(2)20(23(32)21(30)16-19-10-4-7-13-27-24(19)33)17-22(31)26(11-5-3-6-12-26)28-25(34)29-14-8-9-15-29/h18-20,23,32H,3-17H2,1-2H3,(H,27,33)(H,28,34)/t19-,20+,23-/m1/s1. The number of nitrogens with zero attached hydrogens (tertiary/aromatic N) is 1. The molecule has 3 aliphatic rings. The van der Waals surface area contributed by atoms with E-state index < -0.39 is 23.5 Å². The van der Waals surface area contributed by atoms with E-state index in [9.17, 15) is 24.3 Å². The predicted molar refractivity (Wildman–Crippen MR) is 129 cm³/mol. The van der Waals surface area contributed by atoms with Crippen LogP contribution in [0.25, 0.3) is 0 Å². The van der Waals surface area contributed by atoms with Crippen LogP contribution in [0.3, 0.4) is 0 Å². The molecule has 1 saturated carbocycles. The van der Waals surface area contributed by atoms with Gasteiger partial charge in [0.05, 0.1) is 0 Å². The average Bonchev–Trinajstić information content (AvgIpc) is 3.29. The molecular weight excluding hydrogens is 434 g/mol. The average molecular weight is 478 g/mol. The van der Waals surface area contributed by atoms with Gasteiger partial charge >= 0.3 is 6.03 Å². The van der Waals surface area contributed by atoms with Crippen LogP contribution in [0.15, 0.2) is 0 Å². The van der Waals surface area contributed by atoms with Crippen molar-refractivity contribution in [3.63, 3.8) is 0 Å². The van der Waals surface area contributed by atoms with E-state index in [-0.39, 0.29) is 42.3 Å². The number of Topliss-reactive ketones (excluding diaryl/α,β-unsaturated/α-hetero) is 2. The Hall–Kier alpha value is -1.96. The smallest absolute Gasteiger partial charge is 0.318 e. The number of hydrogen-bond acceptors (Lipinski definition) is 5. The first-order valence-electron chi connectivity index (χ1n) is 13.3. The molecule has 3 fully saturated rings. The molecule has 8 nitrogen and oxygen atoms in total. The molecule has 0 aromatic rings. The molecule has 8 heteroatoms. The van der Waals surface area contributed by atoms with E-state index in [1.807, 2.05) is 13.8 Å². The van der Waals surface area contributed by atoms with E-state index >= 15 is 0 Å². The minimum absolute atomic E-state index is 0.00124. The molecule has 0 unspecified atom stereocenters. The molecule has 2 saturated heterocycles. The van der Waals surface area contributed by atoms with Gasteiger partial charge in [-0.25, -0.2) is 4.79 Å². The molecule has 0 aromatic heterocycles. The van der Waals surface area contributed by atoms with Crippen LogP contribution in [0, 0.1) is 17.8 Å². The quantitative estimate of drug-likeness (QED) is 0.472. The zero-order valence-corrected chi connectivity index (χ0v) is 20.9. The number of aliphatic hydroxyl groups excluding tert-OH is 1. The summed E-state index contributed by atoms with van der Waals surface area (Å²) in [5, 5.41) is 16.9. The molecule has 0 bridgehead atoms. The van der Waals surface area contributed by atoms with E-state index in [4.69, 9.17) is 0 Å². The number of aliphatic hydroxyl groups is 1. The van der Waals surface area contributed by atoms with Crippen molar-refractivity contribution in [3.05, 3.63) is 0 Å². The Balaban J connectivity index is 1.68. The van der Waals surface area contributed by atoms with Crippen LogP contribution in [0.2, 0.25) is 0 Å². The highest BCUT2D eigenvalue weighted by Gasteiger charge is 2.44. The zero-order valence-electron chi connectivity index (χ0n) is 20.9. The Bertz CT molecular complexity index is 741. The number of likely N-dealkylation sites (tertiary alicyclic amines) is 1. The number of hydrogen-bond donors (Lipinski definition) is 3. The Morgan fingerprint density at radius 2 is 1.74 bits per heavy atom. The lowest BCUT2D eigenvalue weighted by atomic mass is 9.73. The number of urea groups is 1. The number of ketones is 2. The van der Waals surface area contributed by atoms with Crippen molar-refractivity contribution >= 4 is 23.5 Å². The molecule has 192 valence electrons. The van der Waals surface area contributed by atoms with Crippen molar-refractivity contribution < 1.29 is 24.3 Å². The van der Waals surface area contributed by atoms with Crippen LogP contribution in [0.1, 0.15) is 90.9 Å². The van der Waals surface area contributed by atoms with Crippen molar-refractivity contribution in [2.24, 2.45) is 17.8 Å². The van der Waals surface area contributed by atoms with Gasteiger partial charge in [-0.3, -0.25) is 14.4 Å². The Morgan fingerprint density at radius 1 is 1.06 bits per heavy atom. The number of rotatable bonds is 9. The van der Waals surface area contributed by atoms with Gasteiger partial charge in [0, 0.05) is 44.3 Å². The number of carbonyl (C=O) groups is 4. The summed E-state index contributed by atoms with van der Waals surface area (Å²) in [6.45, 7) is 5.87. The maximum absolute atomic E-state index is 13.7. The molecule has 34 heavy (non-hydrogen) atoms. The van der Waals surface area contributed by atoms with E-state index in [1.54, 1.807) is 4.90 Å². The van der Waals surface area contributed by atoms with Gasteiger partial charge in [-0.05, 0) is 44.4 Å². The monoisotopic (exact) mass is 477 g/mol. The van der Waals surface area contributed by atoms with Gasteiger partial charge in [-0.15, -0.1) is 0 Å². The molecule has 3 amide bonds. The van der Waals surface area contributed by atoms with Crippen LogP contribution in [0.4, 0.5) is 4.79 Å². The summed E-state index contributed by atoms with van der Waals surface area (Å²) in [5.74, 6) is -1.64. The maximum Gasteiger partial charge on any atom is 0.318 e. The summed E-state index contributed by atoms with van der Waals surface area (Å²) in [7, 11) is 0. The van der Waals surface area contributed by atoms with E-state index in [1.165, 1.54) is 0 Å². The lowest BCUT2D eigenvalue weighted by molar-refractivity contribution is -0.138. The van der Waals surface area contributed by atoms with Gasteiger partial charge in [-0.2, -0.15) is 0 Å². The summed E-state index contributed by atoms with van der Waals surface area (Å²) in [6.07, 6.45) is 7.10. The Labute approximate surface area is 203 Å². The summed E-state index contributed by atoms with van der Waals surface area (Å²) >= 11 is 0.